The van der Waals surface area contributed by atoms with Crippen LogP contribution in [0.25, 0.3) is 0 Å². The number of aryl methyl sites for hydroxylation is 1. The first-order chi connectivity index (χ1) is 13.4. The molecule has 0 aliphatic carbocycles. The van der Waals surface area contributed by atoms with Gasteiger partial charge in [-0.05, 0) is 37.1 Å². The highest BCUT2D eigenvalue weighted by atomic mass is 16.5. The van der Waals surface area contributed by atoms with Gasteiger partial charge in [0.1, 0.15) is 0 Å². The van der Waals surface area contributed by atoms with Gasteiger partial charge in [0.05, 0.1) is 33.9 Å². The molecule has 9 nitrogen and oxygen atoms in total. The predicted octanol–water partition coefficient (Wildman–Crippen LogP) is 0.961. The van der Waals surface area contributed by atoms with E-state index in [4.69, 9.17) is 9.47 Å². The lowest BCUT2D eigenvalue weighted by atomic mass is 10.1. The van der Waals surface area contributed by atoms with Crippen LogP contribution in [0.3, 0.4) is 0 Å². The third kappa shape index (κ3) is 5.05. The molecule has 1 heterocycles. The number of methoxy groups -OCH3 is 2. The maximum absolute atomic E-state index is 11.7. The van der Waals surface area contributed by atoms with E-state index in [1.54, 1.807) is 14.2 Å². The molecule has 1 aliphatic rings. The van der Waals surface area contributed by atoms with E-state index < -0.39 is 0 Å². The number of rotatable bonds is 8. The standard InChI is InChI=1S/C19H29N5O4/c1-6-20-18(21-7-8-24-17(25)11-22-19(24)26)23(3)12-14-10-16(28-5)15(27-4)9-13(14)2/h9-10H,6-8,11-12H2,1-5H3,(H,20,21)(H,22,26). The number of urea groups is 1. The first-order valence-corrected chi connectivity index (χ1v) is 9.20. The molecule has 0 spiro atoms. The van der Waals surface area contributed by atoms with Crippen molar-refractivity contribution in [2.24, 2.45) is 4.99 Å². The minimum atomic E-state index is -0.362. The second-order valence-electron chi connectivity index (χ2n) is 6.43. The summed E-state index contributed by atoms with van der Waals surface area (Å²) in [6.07, 6.45) is 0. The number of nitrogens with one attached hydrogen (secondary N) is 2. The molecule has 2 rings (SSSR count). The normalized spacial score (nSPS) is 14.2. The molecule has 154 valence electrons. The number of amides is 3. The molecule has 0 saturated carbocycles. The van der Waals surface area contributed by atoms with Crippen LogP contribution in [-0.2, 0) is 11.3 Å². The molecule has 3 amide bonds. The quantitative estimate of drug-likeness (QED) is 0.389. The Hall–Kier alpha value is -2.97. The van der Waals surface area contributed by atoms with Crippen LogP contribution in [0, 0.1) is 6.92 Å². The van der Waals surface area contributed by atoms with Crippen molar-refractivity contribution in [1.82, 2.24) is 20.4 Å². The summed E-state index contributed by atoms with van der Waals surface area (Å²) in [6.45, 7) is 5.97. The first kappa shape index (κ1) is 21.3. The van der Waals surface area contributed by atoms with Crippen LogP contribution < -0.4 is 20.1 Å². The number of benzene rings is 1. The van der Waals surface area contributed by atoms with Crippen molar-refractivity contribution < 1.29 is 19.1 Å². The van der Waals surface area contributed by atoms with Crippen LogP contribution in [0.5, 0.6) is 11.5 Å². The van der Waals surface area contributed by atoms with Crippen molar-refractivity contribution in [2.45, 2.75) is 20.4 Å². The van der Waals surface area contributed by atoms with Crippen LogP contribution in [0.15, 0.2) is 17.1 Å². The molecule has 1 aromatic carbocycles. The molecule has 28 heavy (non-hydrogen) atoms. The summed E-state index contributed by atoms with van der Waals surface area (Å²) in [5, 5.41) is 5.74. The van der Waals surface area contributed by atoms with E-state index in [2.05, 4.69) is 15.6 Å². The van der Waals surface area contributed by atoms with Gasteiger partial charge in [-0.15, -0.1) is 0 Å². The molecule has 1 saturated heterocycles. The van der Waals surface area contributed by atoms with E-state index in [-0.39, 0.29) is 25.0 Å². The molecule has 9 heteroatoms. The van der Waals surface area contributed by atoms with Crippen molar-refractivity contribution in [3.63, 3.8) is 0 Å². The zero-order chi connectivity index (χ0) is 20.7. The van der Waals surface area contributed by atoms with Crippen molar-refractivity contribution in [3.8, 4) is 11.5 Å². The fourth-order valence-electron chi connectivity index (χ4n) is 2.93. The van der Waals surface area contributed by atoms with E-state index in [0.717, 1.165) is 11.1 Å². The van der Waals surface area contributed by atoms with Gasteiger partial charge in [0.25, 0.3) is 0 Å². The number of carbonyl (C=O) groups excluding carboxylic acids is 2. The molecule has 2 N–H and O–H groups in total. The van der Waals surface area contributed by atoms with Gasteiger partial charge in [0.2, 0.25) is 5.91 Å². The number of guanidine groups is 1. The monoisotopic (exact) mass is 391 g/mol. The Morgan fingerprint density at radius 1 is 1.29 bits per heavy atom. The molecule has 0 unspecified atom stereocenters. The molecule has 0 aromatic heterocycles. The smallest absolute Gasteiger partial charge is 0.324 e. The minimum Gasteiger partial charge on any atom is -0.493 e. The van der Waals surface area contributed by atoms with Gasteiger partial charge in [-0.1, -0.05) is 0 Å². The van der Waals surface area contributed by atoms with Gasteiger partial charge in [-0.2, -0.15) is 0 Å². The molecule has 0 radical (unpaired) electrons. The average Bonchev–Trinajstić information content (AvgIpc) is 3.00. The zero-order valence-corrected chi connectivity index (χ0v) is 17.2. The van der Waals surface area contributed by atoms with Crippen molar-refractivity contribution >= 4 is 17.9 Å². The second-order valence-corrected chi connectivity index (χ2v) is 6.43. The largest absolute Gasteiger partial charge is 0.493 e. The summed E-state index contributed by atoms with van der Waals surface area (Å²) in [6, 6.07) is 3.55. The van der Waals surface area contributed by atoms with E-state index >= 15 is 0 Å². The Kier molecular flexibility index (Phi) is 7.48. The molecule has 1 aromatic rings. The third-order valence-electron chi connectivity index (χ3n) is 4.47. The number of hydrogen-bond donors (Lipinski definition) is 2. The van der Waals surface area contributed by atoms with Crippen LogP contribution >= 0.6 is 0 Å². The van der Waals surface area contributed by atoms with E-state index in [0.29, 0.717) is 37.1 Å². The van der Waals surface area contributed by atoms with Gasteiger partial charge in [-0.3, -0.25) is 14.7 Å². The summed E-state index contributed by atoms with van der Waals surface area (Å²) in [5.74, 6) is 1.85. The molecule has 1 fully saturated rings. The van der Waals surface area contributed by atoms with E-state index in [9.17, 15) is 9.59 Å². The maximum Gasteiger partial charge on any atom is 0.324 e. The topological polar surface area (TPSA) is 95.5 Å². The van der Waals surface area contributed by atoms with Crippen molar-refractivity contribution in [3.05, 3.63) is 23.3 Å². The highest BCUT2D eigenvalue weighted by molar-refractivity contribution is 6.01. The highest BCUT2D eigenvalue weighted by Crippen LogP contribution is 2.30. The molecular formula is C19H29N5O4. The summed E-state index contributed by atoms with van der Waals surface area (Å²) in [7, 11) is 5.16. The van der Waals surface area contributed by atoms with Crippen LogP contribution in [0.2, 0.25) is 0 Å². The summed E-state index contributed by atoms with van der Waals surface area (Å²) >= 11 is 0. The maximum atomic E-state index is 11.7. The Bertz CT molecular complexity index is 734. The zero-order valence-electron chi connectivity index (χ0n) is 17.2. The lowest BCUT2D eigenvalue weighted by molar-refractivity contribution is -0.124. The summed E-state index contributed by atoms with van der Waals surface area (Å²) < 4.78 is 10.7. The second kappa shape index (κ2) is 9.82. The Morgan fingerprint density at radius 2 is 1.96 bits per heavy atom. The number of carbonyl (C=O) groups is 2. The van der Waals surface area contributed by atoms with Crippen molar-refractivity contribution in [2.75, 3.05) is 47.4 Å². The van der Waals surface area contributed by atoms with Gasteiger partial charge < -0.3 is 25.0 Å². The predicted molar refractivity (Wildman–Crippen MR) is 107 cm³/mol. The average molecular weight is 391 g/mol. The fourth-order valence-corrected chi connectivity index (χ4v) is 2.93. The van der Waals surface area contributed by atoms with Gasteiger partial charge >= 0.3 is 6.03 Å². The third-order valence-corrected chi connectivity index (χ3v) is 4.47. The number of nitrogens with zero attached hydrogens (tertiary/aromatic N) is 3. The Morgan fingerprint density at radius 3 is 2.54 bits per heavy atom. The fraction of sp³-hybridized carbons (Fsp3) is 0.526. The van der Waals surface area contributed by atoms with Crippen LogP contribution in [-0.4, -0.2) is 75.1 Å². The SMILES string of the molecule is CCNC(=NCCN1C(=O)CNC1=O)N(C)Cc1cc(OC)c(OC)cc1C. The highest BCUT2D eigenvalue weighted by Gasteiger charge is 2.27. The van der Waals surface area contributed by atoms with E-state index in [1.807, 2.05) is 37.9 Å². The van der Waals surface area contributed by atoms with Crippen LogP contribution in [0.4, 0.5) is 4.79 Å². The van der Waals surface area contributed by atoms with Crippen LogP contribution in [0.1, 0.15) is 18.1 Å². The van der Waals surface area contributed by atoms with Gasteiger partial charge in [-0.25, -0.2) is 4.79 Å². The number of ether oxygens (including phenoxy) is 2. The van der Waals surface area contributed by atoms with Crippen molar-refractivity contribution in [1.29, 1.82) is 0 Å². The molecule has 0 atom stereocenters. The lowest BCUT2D eigenvalue weighted by Gasteiger charge is -2.24. The minimum absolute atomic E-state index is 0.0566. The molecular weight excluding hydrogens is 362 g/mol. The number of hydrogen-bond acceptors (Lipinski definition) is 5. The summed E-state index contributed by atoms with van der Waals surface area (Å²) in [4.78, 5) is 31.0. The van der Waals surface area contributed by atoms with Gasteiger partial charge in [0, 0.05) is 20.1 Å². The molecule has 0 bridgehead atoms. The van der Waals surface area contributed by atoms with E-state index in [1.165, 1.54) is 4.90 Å². The Balaban J connectivity index is 2.08. The van der Waals surface area contributed by atoms with Gasteiger partial charge in [0.15, 0.2) is 17.5 Å². The number of aliphatic imine (C=N–C) groups is 1. The molecule has 1 aliphatic heterocycles. The lowest BCUT2D eigenvalue weighted by Crippen LogP contribution is -2.39. The number of imide groups is 1. The Labute approximate surface area is 165 Å². The summed E-state index contributed by atoms with van der Waals surface area (Å²) in [5.41, 5.74) is 2.17. The first-order valence-electron chi connectivity index (χ1n) is 9.20.